The second-order valence-electron chi connectivity index (χ2n) is 7.80. The highest BCUT2D eigenvalue weighted by Crippen LogP contribution is 2.29. The highest BCUT2D eigenvalue weighted by molar-refractivity contribution is 5.83. The summed E-state index contributed by atoms with van der Waals surface area (Å²) in [6, 6.07) is 9.18. The second-order valence-corrected chi connectivity index (χ2v) is 7.80. The van der Waals surface area contributed by atoms with Crippen LogP contribution in [-0.4, -0.2) is 77.3 Å². The largest absolute Gasteiger partial charge is 0.466 e. The number of amides is 3. The number of nitrogens with one attached hydrogen (secondary N) is 1. The lowest BCUT2D eigenvalue weighted by molar-refractivity contribution is -0.143. The number of benzene rings is 1. The minimum atomic E-state index is -1.01. The molecule has 1 saturated heterocycles. The number of esters is 1. The molecule has 0 atom stereocenters. The molecule has 0 saturated carbocycles. The van der Waals surface area contributed by atoms with Crippen LogP contribution in [0.25, 0.3) is 0 Å². The molecule has 0 aliphatic carbocycles. The topological polar surface area (TPSA) is 125 Å². The van der Waals surface area contributed by atoms with Gasteiger partial charge in [0, 0.05) is 25.2 Å². The molecule has 2 rings (SSSR count). The van der Waals surface area contributed by atoms with Crippen molar-refractivity contribution in [2.75, 3.05) is 32.8 Å². The van der Waals surface area contributed by atoms with Gasteiger partial charge in [0.1, 0.15) is 13.2 Å². The van der Waals surface area contributed by atoms with Crippen molar-refractivity contribution in [2.24, 2.45) is 0 Å². The van der Waals surface area contributed by atoms with Gasteiger partial charge >= 0.3 is 18.2 Å². The van der Waals surface area contributed by atoms with Crippen LogP contribution in [-0.2, 0) is 25.7 Å². The summed E-state index contributed by atoms with van der Waals surface area (Å²) < 4.78 is 10.3. The number of ether oxygens (including phenoxy) is 2. The quantitative estimate of drug-likeness (QED) is 0.554. The summed E-state index contributed by atoms with van der Waals surface area (Å²) in [6.45, 7) is 4.16. The molecule has 1 aromatic carbocycles. The molecule has 3 amide bonds. The van der Waals surface area contributed by atoms with Gasteiger partial charge in [-0.15, -0.1) is 0 Å². The molecule has 1 aliphatic rings. The summed E-state index contributed by atoms with van der Waals surface area (Å²) in [5, 5.41) is 11.8. The van der Waals surface area contributed by atoms with Crippen molar-refractivity contribution < 1.29 is 33.8 Å². The van der Waals surface area contributed by atoms with Crippen molar-refractivity contribution in [1.29, 1.82) is 0 Å². The van der Waals surface area contributed by atoms with Crippen LogP contribution < -0.4 is 5.32 Å². The molecule has 1 aliphatic heterocycles. The Morgan fingerprint density at radius 3 is 2.38 bits per heavy atom. The molecule has 32 heavy (non-hydrogen) atoms. The van der Waals surface area contributed by atoms with Gasteiger partial charge in [-0.2, -0.15) is 0 Å². The Bertz CT molecular complexity index is 792. The first-order valence-electron chi connectivity index (χ1n) is 10.6. The van der Waals surface area contributed by atoms with Crippen molar-refractivity contribution in [3.05, 3.63) is 35.9 Å². The Morgan fingerprint density at radius 1 is 1.12 bits per heavy atom. The van der Waals surface area contributed by atoms with Crippen LogP contribution in [0.3, 0.4) is 0 Å². The van der Waals surface area contributed by atoms with Crippen molar-refractivity contribution in [3.8, 4) is 0 Å². The molecule has 1 fully saturated rings. The normalized spacial score (nSPS) is 14.9. The van der Waals surface area contributed by atoms with Crippen LogP contribution in [0.2, 0.25) is 0 Å². The van der Waals surface area contributed by atoms with Crippen LogP contribution >= 0.6 is 0 Å². The van der Waals surface area contributed by atoms with Gasteiger partial charge in [0.15, 0.2) is 0 Å². The summed E-state index contributed by atoms with van der Waals surface area (Å²) in [6.07, 6.45) is -0.892. The fourth-order valence-corrected chi connectivity index (χ4v) is 3.46. The summed E-state index contributed by atoms with van der Waals surface area (Å²) >= 11 is 0. The zero-order chi connectivity index (χ0) is 23.6. The summed E-state index contributed by atoms with van der Waals surface area (Å²) in [5.74, 6) is -0.854. The molecule has 10 nitrogen and oxygen atoms in total. The lowest BCUT2D eigenvalue weighted by Crippen LogP contribution is -2.58. The number of carbonyl (C=O) groups is 4. The molecule has 1 aromatic rings. The number of hydrogen-bond donors (Lipinski definition) is 2. The Labute approximate surface area is 187 Å². The first-order chi connectivity index (χ1) is 15.2. The van der Waals surface area contributed by atoms with Gasteiger partial charge in [0.2, 0.25) is 5.91 Å². The SMILES string of the molecule is CCOC(=O)CCNC(=O)CN(C(=O)OCc1ccccc1)C1(C)CCN(C(=O)O)CC1. The predicted molar refractivity (Wildman–Crippen MR) is 115 cm³/mol. The monoisotopic (exact) mass is 449 g/mol. The standard InChI is InChI=1S/C22H31N3O7/c1-3-31-19(27)9-12-23-18(26)15-25(21(30)32-16-17-7-5-4-6-8-17)22(2)10-13-24(14-11-22)20(28)29/h4-8H,3,9-16H2,1-2H3,(H,23,26)(H,28,29). The van der Waals surface area contributed by atoms with E-state index in [9.17, 15) is 24.3 Å². The fourth-order valence-electron chi connectivity index (χ4n) is 3.46. The van der Waals surface area contributed by atoms with Gasteiger partial charge in [-0.25, -0.2) is 9.59 Å². The number of hydrogen-bond acceptors (Lipinski definition) is 6. The van der Waals surface area contributed by atoms with E-state index in [2.05, 4.69) is 5.32 Å². The molecule has 1 heterocycles. The smallest absolute Gasteiger partial charge is 0.411 e. The first kappa shape index (κ1) is 25.0. The number of piperidine rings is 1. The van der Waals surface area contributed by atoms with E-state index in [1.807, 2.05) is 37.3 Å². The minimum absolute atomic E-state index is 0.0306. The van der Waals surface area contributed by atoms with Crippen molar-refractivity contribution in [3.63, 3.8) is 0 Å². The molecule has 0 bridgehead atoms. The Kier molecular flexibility index (Phi) is 9.30. The average molecular weight is 450 g/mol. The van der Waals surface area contributed by atoms with E-state index >= 15 is 0 Å². The van der Waals surface area contributed by atoms with Crippen LogP contribution in [0.15, 0.2) is 30.3 Å². The van der Waals surface area contributed by atoms with Gasteiger partial charge in [0.05, 0.1) is 13.0 Å². The van der Waals surface area contributed by atoms with E-state index in [1.165, 1.54) is 9.80 Å². The Morgan fingerprint density at radius 2 is 1.78 bits per heavy atom. The van der Waals surface area contributed by atoms with Crippen LogP contribution in [0, 0.1) is 0 Å². The van der Waals surface area contributed by atoms with E-state index in [0.717, 1.165) is 5.56 Å². The number of rotatable bonds is 9. The number of likely N-dealkylation sites (tertiary alicyclic amines) is 1. The lowest BCUT2D eigenvalue weighted by atomic mass is 9.88. The third-order valence-electron chi connectivity index (χ3n) is 5.45. The molecule has 10 heteroatoms. The third kappa shape index (κ3) is 7.44. The molecule has 176 valence electrons. The minimum Gasteiger partial charge on any atom is -0.466 e. The highest BCUT2D eigenvalue weighted by atomic mass is 16.6. The fraction of sp³-hybridized carbons (Fsp3) is 0.545. The highest BCUT2D eigenvalue weighted by Gasteiger charge is 2.41. The molecule has 0 spiro atoms. The number of carbonyl (C=O) groups excluding carboxylic acids is 3. The Balaban J connectivity index is 2.03. The van der Waals surface area contributed by atoms with Gasteiger partial charge in [-0.05, 0) is 32.3 Å². The van der Waals surface area contributed by atoms with Crippen LogP contribution in [0.4, 0.5) is 9.59 Å². The van der Waals surface area contributed by atoms with E-state index < -0.39 is 29.6 Å². The van der Waals surface area contributed by atoms with E-state index in [0.29, 0.717) is 12.8 Å². The predicted octanol–water partition coefficient (Wildman–Crippen LogP) is 2.23. The molecular formula is C22H31N3O7. The molecule has 0 aromatic heterocycles. The lowest BCUT2D eigenvalue weighted by Gasteiger charge is -2.45. The van der Waals surface area contributed by atoms with Crippen molar-refractivity contribution in [2.45, 2.75) is 45.3 Å². The first-order valence-corrected chi connectivity index (χ1v) is 10.6. The molecule has 2 N–H and O–H groups in total. The van der Waals surface area contributed by atoms with E-state index in [-0.39, 0.29) is 45.8 Å². The zero-order valence-electron chi connectivity index (χ0n) is 18.5. The maximum atomic E-state index is 13.0. The van der Waals surface area contributed by atoms with Crippen molar-refractivity contribution >= 4 is 24.1 Å². The summed E-state index contributed by atoms with van der Waals surface area (Å²) in [5.41, 5.74) is 0.0589. The molecule has 0 radical (unpaired) electrons. The Hall–Kier alpha value is -3.30. The second kappa shape index (κ2) is 11.9. The third-order valence-corrected chi connectivity index (χ3v) is 5.45. The molecular weight excluding hydrogens is 418 g/mol. The summed E-state index contributed by atoms with van der Waals surface area (Å²) in [4.78, 5) is 50.8. The van der Waals surface area contributed by atoms with E-state index in [4.69, 9.17) is 9.47 Å². The maximum absolute atomic E-state index is 13.0. The van der Waals surface area contributed by atoms with Gasteiger partial charge < -0.3 is 24.8 Å². The van der Waals surface area contributed by atoms with Gasteiger partial charge in [-0.1, -0.05) is 30.3 Å². The van der Waals surface area contributed by atoms with Crippen LogP contribution in [0.1, 0.15) is 38.7 Å². The van der Waals surface area contributed by atoms with Crippen LogP contribution in [0.5, 0.6) is 0 Å². The van der Waals surface area contributed by atoms with E-state index in [1.54, 1.807) is 6.92 Å². The number of nitrogens with zero attached hydrogens (tertiary/aromatic N) is 2. The molecule has 0 unspecified atom stereocenters. The van der Waals surface area contributed by atoms with Gasteiger partial charge in [-0.3, -0.25) is 14.5 Å². The van der Waals surface area contributed by atoms with Gasteiger partial charge in [0.25, 0.3) is 0 Å². The number of carboxylic acid groups (broad SMARTS) is 1. The average Bonchev–Trinajstić information content (AvgIpc) is 2.77. The van der Waals surface area contributed by atoms with Crippen molar-refractivity contribution in [1.82, 2.24) is 15.1 Å². The maximum Gasteiger partial charge on any atom is 0.411 e. The summed E-state index contributed by atoms with van der Waals surface area (Å²) in [7, 11) is 0. The zero-order valence-corrected chi connectivity index (χ0v) is 18.5.